The van der Waals surface area contributed by atoms with Gasteiger partial charge in [-0.15, -0.1) is 0 Å². The summed E-state index contributed by atoms with van der Waals surface area (Å²) in [6, 6.07) is 18.3. The molecule has 168 valence electrons. The number of nitrogens with one attached hydrogen (secondary N) is 1. The molecule has 2 heterocycles. The number of aryl methyl sites for hydroxylation is 1. The van der Waals surface area contributed by atoms with Crippen molar-refractivity contribution < 1.29 is 9.32 Å². The largest absolute Gasteiger partial charge is 0.352 e. The number of carbonyl (C=O) groups is 1. The third-order valence-corrected chi connectivity index (χ3v) is 5.95. The number of amides is 1. The zero-order valence-corrected chi connectivity index (χ0v) is 18.8. The van der Waals surface area contributed by atoms with Crippen molar-refractivity contribution in [2.24, 2.45) is 5.92 Å². The molecule has 32 heavy (non-hydrogen) atoms. The van der Waals surface area contributed by atoms with Crippen molar-refractivity contribution in [3.8, 4) is 11.4 Å². The number of nitrogens with zero attached hydrogens (tertiary/aromatic N) is 3. The molecular formula is C26H32N4O2. The molecule has 6 nitrogen and oxygen atoms in total. The van der Waals surface area contributed by atoms with Crippen LogP contribution in [-0.2, 0) is 24.3 Å². The average molecular weight is 433 g/mol. The zero-order valence-electron chi connectivity index (χ0n) is 18.8. The van der Waals surface area contributed by atoms with Crippen LogP contribution < -0.4 is 5.32 Å². The molecule has 1 saturated heterocycles. The van der Waals surface area contributed by atoms with Crippen LogP contribution in [0.4, 0.5) is 0 Å². The monoisotopic (exact) mass is 432 g/mol. The average Bonchev–Trinajstić information content (AvgIpc) is 3.28. The van der Waals surface area contributed by atoms with Crippen molar-refractivity contribution >= 4 is 5.91 Å². The van der Waals surface area contributed by atoms with Crippen molar-refractivity contribution in [2.75, 3.05) is 13.1 Å². The van der Waals surface area contributed by atoms with E-state index in [1.807, 2.05) is 30.3 Å². The number of rotatable bonds is 9. The van der Waals surface area contributed by atoms with E-state index in [9.17, 15) is 4.79 Å². The fraction of sp³-hybridized carbons (Fsp3) is 0.423. The summed E-state index contributed by atoms with van der Waals surface area (Å²) in [6.07, 6.45) is 4.35. The van der Waals surface area contributed by atoms with Crippen molar-refractivity contribution in [3.05, 3.63) is 71.6 Å². The molecule has 6 heteroatoms. The van der Waals surface area contributed by atoms with Gasteiger partial charge < -0.3 is 9.84 Å². The van der Waals surface area contributed by atoms with Gasteiger partial charge in [-0.2, -0.15) is 4.98 Å². The number of benzene rings is 2. The van der Waals surface area contributed by atoms with Crippen molar-refractivity contribution in [1.29, 1.82) is 0 Å². The summed E-state index contributed by atoms with van der Waals surface area (Å²) >= 11 is 0. The Morgan fingerprint density at radius 1 is 1.12 bits per heavy atom. The molecule has 0 unspecified atom stereocenters. The molecule has 0 spiro atoms. The highest BCUT2D eigenvalue weighted by Crippen LogP contribution is 2.18. The molecule has 3 aromatic rings. The van der Waals surface area contributed by atoms with Gasteiger partial charge in [0, 0.05) is 38.0 Å². The molecule has 4 rings (SSSR count). The third kappa shape index (κ3) is 6.50. The Kier molecular flexibility index (Phi) is 7.67. The van der Waals surface area contributed by atoms with Gasteiger partial charge in [0.05, 0.1) is 0 Å². The van der Waals surface area contributed by atoms with Crippen LogP contribution >= 0.6 is 0 Å². The molecule has 2 aromatic carbocycles. The van der Waals surface area contributed by atoms with Crippen molar-refractivity contribution in [2.45, 2.75) is 52.1 Å². The minimum Gasteiger partial charge on any atom is -0.352 e. The third-order valence-electron chi connectivity index (χ3n) is 5.95. The Morgan fingerprint density at radius 3 is 2.69 bits per heavy atom. The van der Waals surface area contributed by atoms with E-state index in [0.717, 1.165) is 23.6 Å². The van der Waals surface area contributed by atoms with Crippen LogP contribution in [0, 0.1) is 5.92 Å². The molecule has 0 radical (unpaired) electrons. The van der Waals surface area contributed by atoms with E-state index in [1.54, 1.807) is 0 Å². The molecule has 1 fully saturated rings. The lowest BCUT2D eigenvalue weighted by molar-refractivity contribution is -0.121. The van der Waals surface area contributed by atoms with Gasteiger partial charge in [0.2, 0.25) is 17.6 Å². The van der Waals surface area contributed by atoms with E-state index in [1.165, 1.54) is 31.5 Å². The quantitative estimate of drug-likeness (QED) is 0.535. The Balaban J connectivity index is 1.16. The lowest BCUT2D eigenvalue weighted by Crippen LogP contribution is -2.33. The predicted octanol–water partition coefficient (Wildman–Crippen LogP) is 4.61. The van der Waals surface area contributed by atoms with Crippen LogP contribution in [-0.4, -0.2) is 34.0 Å². The van der Waals surface area contributed by atoms with Gasteiger partial charge in [0.1, 0.15) is 0 Å². The van der Waals surface area contributed by atoms with Gasteiger partial charge >= 0.3 is 0 Å². The number of piperidine rings is 1. The Bertz CT molecular complexity index is 985. The highest BCUT2D eigenvalue weighted by molar-refractivity contribution is 5.75. The molecule has 1 atom stereocenters. The van der Waals surface area contributed by atoms with Crippen LogP contribution in [0.1, 0.15) is 49.6 Å². The van der Waals surface area contributed by atoms with Gasteiger partial charge in [-0.25, -0.2) is 0 Å². The Morgan fingerprint density at radius 2 is 1.91 bits per heavy atom. The zero-order chi connectivity index (χ0) is 22.2. The lowest BCUT2D eigenvalue weighted by Gasteiger charge is -2.30. The van der Waals surface area contributed by atoms with E-state index in [0.29, 0.717) is 37.5 Å². The summed E-state index contributed by atoms with van der Waals surface area (Å²) in [5, 5.41) is 7.02. The van der Waals surface area contributed by atoms with Crippen molar-refractivity contribution in [3.63, 3.8) is 0 Å². The fourth-order valence-electron chi connectivity index (χ4n) is 4.20. The second-order valence-corrected chi connectivity index (χ2v) is 8.81. The number of aromatic nitrogens is 2. The summed E-state index contributed by atoms with van der Waals surface area (Å²) in [5.41, 5.74) is 3.39. The van der Waals surface area contributed by atoms with Crippen LogP contribution in [0.3, 0.4) is 0 Å². The van der Waals surface area contributed by atoms with E-state index in [2.05, 4.69) is 51.5 Å². The maximum Gasteiger partial charge on any atom is 0.226 e. The normalized spacial score (nSPS) is 16.7. The highest BCUT2D eigenvalue weighted by Gasteiger charge is 2.16. The van der Waals surface area contributed by atoms with Crippen LogP contribution in [0.15, 0.2) is 59.1 Å². The highest BCUT2D eigenvalue weighted by atomic mass is 16.5. The molecule has 0 bridgehead atoms. The van der Waals surface area contributed by atoms with Gasteiger partial charge in [-0.3, -0.25) is 9.69 Å². The van der Waals surface area contributed by atoms with E-state index in [4.69, 9.17) is 4.52 Å². The Hall–Kier alpha value is -2.99. The molecule has 1 N–H and O–H groups in total. The molecule has 1 aromatic heterocycles. The summed E-state index contributed by atoms with van der Waals surface area (Å²) in [6.45, 7) is 6.29. The summed E-state index contributed by atoms with van der Waals surface area (Å²) in [4.78, 5) is 19.2. The minimum absolute atomic E-state index is 0.0409. The molecule has 1 aliphatic rings. The van der Waals surface area contributed by atoms with Crippen molar-refractivity contribution in [1.82, 2.24) is 20.4 Å². The molecular weight excluding hydrogens is 400 g/mol. The summed E-state index contributed by atoms with van der Waals surface area (Å²) in [5.74, 6) is 1.99. The Labute approximate surface area is 190 Å². The van der Waals surface area contributed by atoms with Gasteiger partial charge in [0.25, 0.3) is 0 Å². The number of hydrogen-bond acceptors (Lipinski definition) is 5. The first-order chi connectivity index (χ1) is 15.7. The SMILES string of the molecule is C[C@H]1CCCN(Cc2ccc(CNC(=O)CCCc3nc(-c4ccccc4)no3)cc2)C1. The lowest BCUT2D eigenvalue weighted by atomic mass is 9.99. The first-order valence-corrected chi connectivity index (χ1v) is 11.6. The maximum absolute atomic E-state index is 12.2. The smallest absolute Gasteiger partial charge is 0.226 e. The summed E-state index contributed by atoms with van der Waals surface area (Å²) < 4.78 is 5.31. The number of carbonyl (C=O) groups excluding carboxylic acids is 1. The molecule has 1 amide bonds. The van der Waals surface area contributed by atoms with E-state index < -0.39 is 0 Å². The standard InChI is InChI=1S/C26H32N4O2/c1-20-7-6-16-30(18-20)19-22-14-12-21(13-15-22)17-27-24(31)10-5-11-25-28-26(29-32-25)23-8-3-2-4-9-23/h2-4,8-9,12-15,20H,5-7,10-11,16-19H2,1H3,(H,27,31)/t20-/m0/s1. The number of likely N-dealkylation sites (tertiary alicyclic amines) is 1. The van der Waals surface area contributed by atoms with Gasteiger partial charge in [-0.05, 0) is 42.9 Å². The van der Waals surface area contributed by atoms with Crippen LogP contribution in [0.25, 0.3) is 11.4 Å². The second-order valence-electron chi connectivity index (χ2n) is 8.81. The topological polar surface area (TPSA) is 71.3 Å². The molecule has 0 saturated carbocycles. The van der Waals surface area contributed by atoms with E-state index in [-0.39, 0.29) is 5.91 Å². The molecule has 0 aliphatic carbocycles. The van der Waals surface area contributed by atoms with E-state index >= 15 is 0 Å². The first-order valence-electron chi connectivity index (χ1n) is 11.6. The number of hydrogen-bond donors (Lipinski definition) is 1. The molecule has 1 aliphatic heterocycles. The second kappa shape index (κ2) is 11.0. The van der Waals surface area contributed by atoms with Gasteiger partial charge in [0.15, 0.2) is 0 Å². The summed E-state index contributed by atoms with van der Waals surface area (Å²) in [7, 11) is 0. The van der Waals surface area contributed by atoms with Crippen LogP contribution in [0.5, 0.6) is 0 Å². The first kappa shape index (κ1) is 22.2. The van der Waals surface area contributed by atoms with Crippen LogP contribution in [0.2, 0.25) is 0 Å². The predicted molar refractivity (Wildman–Crippen MR) is 125 cm³/mol. The maximum atomic E-state index is 12.2. The minimum atomic E-state index is 0.0409. The van der Waals surface area contributed by atoms with Gasteiger partial charge in [-0.1, -0.05) is 66.7 Å². The fourth-order valence-corrected chi connectivity index (χ4v) is 4.20.